The van der Waals surface area contributed by atoms with Crippen LogP contribution in [0.25, 0.3) is 0 Å². The van der Waals surface area contributed by atoms with Crippen LogP contribution < -0.4 is 4.74 Å². The molecular formula is C14H18N2O3. The van der Waals surface area contributed by atoms with Gasteiger partial charge in [-0.15, -0.1) is 0 Å². The molecule has 0 aliphatic carbocycles. The van der Waals surface area contributed by atoms with Crippen molar-refractivity contribution in [2.24, 2.45) is 0 Å². The van der Waals surface area contributed by atoms with Gasteiger partial charge >= 0.3 is 0 Å². The van der Waals surface area contributed by atoms with E-state index in [1.54, 1.807) is 0 Å². The Hall–Kier alpha value is -1.88. The van der Waals surface area contributed by atoms with Crippen LogP contribution >= 0.6 is 0 Å². The van der Waals surface area contributed by atoms with Gasteiger partial charge in [-0.1, -0.05) is 31.1 Å². The maximum absolute atomic E-state index is 9.68. The third kappa shape index (κ3) is 3.54. The third-order valence-corrected chi connectivity index (χ3v) is 2.84. The Morgan fingerprint density at radius 2 is 2.00 bits per heavy atom. The molecule has 0 radical (unpaired) electrons. The van der Waals surface area contributed by atoms with E-state index >= 15 is 0 Å². The van der Waals surface area contributed by atoms with E-state index in [-0.39, 0.29) is 6.61 Å². The standard InChI is InChI=1S/C14H18N2O3/c1-3-12(17)10-5-7-11(8-6-10)18-9-14-15-13(4-2)16-19-14/h5-8,12,17H,3-4,9H2,1-2H3/t12-/m0/s1. The highest BCUT2D eigenvalue weighted by Crippen LogP contribution is 2.20. The Labute approximate surface area is 112 Å². The quantitative estimate of drug-likeness (QED) is 0.866. The molecule has 0 saturated carbocycles. The number of ether oxygens (including phenoxy) is 1. The van der Waals surface area contributed by atoms with E-state index in [0.29, 0.717) is 23.9 Å². The van der Waals surface area contributed by atoms with Gasteiger partial charge in [0, 0.05) is 6.42 Å². The molecular weight excluding hydrogens is 244 g/mol. The first kappa shape index (κ1) is 13.5. The summed E-state index contributed by atoms with van der Waals surface area (Å²) in [4.78, 5) is 4.16. The van der Waals surface area contributed by atoms with Gasteiger partial charge in [0.25, 0.3) is 5.89 Å². The second-order valence-electron chi connectivity index (χ2n) is 4.24. The highest BCUT2D eigenvalue weighted by molar-refractivity contribution is 5.28. The lowest BCUT2D eigenvalue weighted by molar-refractivity contribution is 0.173. The maximum Gasteiger partial charge on any atom is 0.264 e. The van der Waals surface area contributed by atoms with Crippen LogP contribution in [-0.2, 0) is 13.0 Å². The van der Waals surface area contributed by atoms with E-state index in [1.165, 1.54) is 0 Å². The lowest BCUT2D eigenvalue weighted by Gasteiger charge is -2.09. The Morgan fingerprint density at radius 3 is 2.58 bits per heavy atom. The number of benzene rings is 1. The molecule has 0 bridgehead atoms. The van der Waals surface area contributed by atoms with E-state index in [9.17, 15) is 5.11 Å². The number of nitrogens with zero attached hydrogens (tertiary/aromatic N) is 2. The third-order valence-electron chi connectivity index (χ3n) is 2.84. The number of aliphatic hydroxyl groups excluding tert-OH is 1. The van der Waals surface area contributed by atoms with Crippen LogP contribution in [-0.4, -0.2) is 15.2 Å². The molecule has 1 atom stereocenters. The van der Waals surface area contributed by atoms with Crippen molar-refractivity contribution >= 4 is 0 Å². The van der Waals surface area contributed by atoms with Crippen LogP contribution in [0.4, 0.5) is 0 Å². The van der Waals surface area contributed by atoms with Crippen LogP contribution in [0.2, 0.25) is 0 Å². The second kappa shape index (κ2) is 6.33. The summed E-state index contributed by atoms with van der Waals surface area (Å²) in [7, 11) is 0. The fourth-order valence-electron chi connectivity index (χ4n) is 1.66. The van der Waals surface area contributed by atoms with Gasteiger partial charge in [-0.3, -0.25) is 0 Å². The summed E-state index contributed by atoms with van der Waals surface area (Å²) in [6.07, 6.45) is 1.02. The molecule has 1 aromatic heterocycles. The average Bonchev–Trinajstić information content (AvgIpc) is 2.93. The zero-order valence-electron chi connectivity index (χ0n) is 11.2. The maximum atomic E-state index is 9.68. The molecule has 19 heavy (non-hydrogen) atoms. The summed E-state index contributed by atoms with van der Waals surface area (Å²) >= 11 is 0. The first-order valence-corrected chi connectivity index (χ1v) is 6.45. The average molecular weight is 262 g/mol. The van der Waals surface area contributed by atoms with Crippen molar-refractivity contribution < 1.29 is 14.4 Å². The summed E-state index contributed by atoms with van der Waals surface area (Å²) in [5.41, 5.74) is 0.890. The Kier molecular flexibility index (Phi) is 4.52. The van der Waals surface area contributed by atoms with Crippen molar-refractivity contribution in [3.05, 3.63) is 41.5 Å². The summed E-state index contributed by atoms with van der Waals surface area (Å²) in [6.45, 7) is 4.16. The molecule has 0 unspecified atom stereocenters. The van der Waals surface area contributed by atoms with Crippen LogP contribution in [0.1, 0.15) is 43.7 Å². The molecule has 2 rings (SSSR count). The lowest BCUT2D eigenvalue weighted by atomic mass is 10.1. The van der Waals surface area contributed by atoms with Gasteiger partial charge in [-0.2, -0.15) is 4.98 Å². The van der Waals surface area contributed by atoms with Gasteiger partial charge < -0.3 is 14.4 Å². The molecule has 2 aromatic rings. The van der Waals surface area contributed by atoms with E-state index in [1.807, 2.05) is 38.1 Å². The predicted molar refractivity (Wildman–Crippen MR) is 69.7 cm³/mol. The number of aliphatic hydroxyl groups is 1. The van der Waals surface area contributed by atoms with Gasteiger partial charge in [0.05, 0.1) is 6.10 Å². The zero-order valence-corrected chi connectivity index (χ0v) is 11.2. The Balaban J connectivity index is 1.92. The molecule has 0 fully saturated rings. The summed E-state index contributed by atoms with van der Waals surface area (Å²) in [5.74, 6) is 1.86. The summed E-state index contributed by atoms with van der Waals surface area (Å²) in [5, 5.41) is 13.5. The summed E-state index contributed by atoms with van der Waals surface area (Å²) < 4.78 is 10.6. The fourth-order valence-corrected chi connectivity index (χ4v) is 1.66. The topological polar surface area (TPSA) is 68.4 Å². The van der Waals surface area contributed by atoms with Gasteiger partial charge in [0.2, 0.25) is 0 Å². The minimum Gasteiger partial charge on any atom is -0.484 e. The number of hydrogen-bond donors (Lipinski definition) is 1. The molecule has 0 amide bonds. The minimum absolute atomic E-state index is 0.253. The Bertz CT molecular complexity index is 508. The number of aryl methyl sites for hydroxylation is 1. The van der Waals surface area contributed by atoms with Crippen molar-refractivity contribution in [1.82, 2.24) is 10.1 Å². The molecule has 1 N–H and O–H groups in total. The van der Waals surface area contributed by atoms with Gasteiger partial charge in [0.1, 0.15) is 5.75 Å². The zero-order chi connectivity index (χ0) is 13.7. The van der Waals surface area contributed by atoms with Gasteiger partial charge in [-0.25, -0.2) is 0 Å². The molecule has 0 spiro atoms. The van der Waals surface area contributed by atoms with Crippen molar-refractivity contribution in [2.75, 3.05) is 0 Å². The van der Waals surface area contributed by atoms with Gasteiger partial charge in [0.15, 0.2) is 12.4 Å². The monoisotopic (exact) mass is 262 g/mol. The molecule has 0 aliphatic heterocycles. The molecule has 1 heterocycles. The normalized spacial score (nSPS) is 12.4. The molecule has 1 aromatic carbocycles. The molecule has 0 aliphatic rings. The molecule has 5 nitrogen and oxygen atoms in total. The fraction of sp³-hybridized carbons (Fsp3) is 0.429. The number of hydrogen-bond acceptors (Lipinski definition) is 5. The minimum atomic E-state index is -0.419. The van der Waals surface area contributed by atoms with Crippen LogP contribution in [0.5, 0.6) is 5.75 Å². The highest BCUT2D eigenvalue weighted by atomic mass is 16.5. The van der Waals surface area contributed by atoms with Crippen molar-refractivity contribution in [3.63, 3.8) is 0 Å². The molecule has 5 heteroatoms. The first-order valence-electron chi connectivity index (χ1n) is 6.45. The van der Waals surface area contributed by atoms with Crippen LogP contribution in [0.15, 0.2) is 28.8 Å². The Morgan fingerprint density at radius 1 is 1.26 bits per heavy atom. The van der Waals surface area contributed by atoms with E-state index in [4.69, 9.17) is 9.26 Å². The largest absolute Gasteiger partial charge is 0.484 e. The molecule has 0 saturated heterocycles. The van der Waals surface area contributed by atoms with Gasteiger partial charge in [-0.05, 0) is 24.1 Å². The van der Waals surface area contributed by atoms with E-state index in [0.717, 1.165) is 12.0 Å². The smallest absolute Gasteiger partial charge is 0.264 e. The van der Waals surface area contributed by atoms with E-state index in [2.05, 4.69) is 10.1 Å². The lowest BCUT2D eigenvalue weighted by Crippen LogP contribution is -1.98. The van der Waals surface area contributed by atoms with Crippen LogP contribution in [0, 0.1) is 0 Å². The van der Waals surface area contributed by atoms with E-state index < -0.39 is 6.10 Å². The number of aromatic nitrogens is 2. The highest BCUT2D eigenvalue weighted by Gasteiger charge is 2.07. The van der Waals surface area contributed by atoms with Crippen molar-refractivity contribution in [1.29, 1.82) is 0 Å². The second-order valence-corrected chi connectivity index (χ2v) is 4.24. The van der Waals surface area contributed by atoms with Crippen molar-refractivity contribution in [2.45, 2.75) is 39.4 Å². The molecule has 102 valence electrons. The predicted octanol–water partition coefficient (Wildman–Crippen LogP) is 2.65. The van der Waals surface area contributed by atoms with Crippen molar-refractivity contribution in [3.8, 4) is 5.75 Å². The van der Waals surface area contributed by atoms with Crippen LogP contribution in [0.3, 0.4) is 0 Å². The summed E-state index contributed by atoms with van der Waals surface area (Å²) in [6, 6.07) is 7.36. The number of rotatable bonds is 6. The first-order chi connectivity index (χ1) is 9.22. The SMILES string of the molecule is CCc1noc(COc2ccc([C@@H](O)CC)cc2)n1.